The molecular formula is C19H20ClN3. The van der Waals surface area contributed by atoms with Crippen LogP contribution >= 0.6 is 11.6 Å². The largest absolute Gasteiger partial charge is 0.330 e. The molecule has 118 valence electrons. The van der Waals surface area contributed by atoms with E-state index in [4.69, 9.17) is 22.4 Å². The van der Waals surface area contributed by atoms with Crippen molar-refractivity contribution in [2.45, 2.75) is 19.4 Å². The van der Waals surface area contributed by atoms with E-state index in [1.165, 1.54) is 11.1 Å². The Hall–Kier alpha value is -2.10. The fraction of sp³-hybridized carbons (Fsp3) is 0.211. The Morgan fingerprint density at radius 2 is 1.74 bits per heavy atom. The van der Waals surface area contributed by atoms with Gasteiger partial charge in [-0.15, -0.1) is 0 Å². The van der Waals surface area contributed by atoms with E-state index in [0.717, 1.165) is 35.7 Å². The molecule has 0 aliphatic heterocycles. The first kappa shape index (κ1) is 15.8. The molecule has 2 aromatic carbocycles. The standard InChI is InChI=1S/C19H20ClN3/c20-18-10-8-15(9-11-18)13-23-14-17(7-4-12-21)19(22-23)16-5-2-1-3-6-16/h1-3,5-6,8-11,14H,4,7,12-13,21H2. The molecule has 0 fully saturated rings. The molecule has 0 saturated carbocycles. The Labute approximate surface area is 141 Å². The van der Waals surface area contributed by atoms with E-state index in [9.17, 15) is 0 Å². The topological polar surface area (TPSA) is 43.8 Å². The van der Waals surface area contributed by atoms with Gasteiger partial charge in [0.15, 0.2) is 0 Å². The summed E-state index contributed by atoms with van der Waals surface area (Å²) in [6, 6.07) is 18.2. The van der Waals surface area contributed by atoms with Gasteiger partial charge in [0.1, 0.15) is 0 Å². The summed E-state index contributed by atoms with van der Waals surface area (Å²) < 4.78 is 2.00. The number of benzene rings is 2. The second kappa shape index (κ2) is 7.44. The Morgan fingerprint density at radius 1 is 1.00 bits per heavy atom. The lowest BCUT2D eigenvalue weighted by molar-refractivity contribution is 0.687. The molecule has 4 heteroatoms. The molecule has 3 nitrogen and oxygen atoms in total. The number of nitrogens with zero attached hydrogens (tertiary/aromatic N) is 2. The van der Waals surface area contributed by atoms with E-state index in [-0.39, 0.29) is 0 Å². The molecule has 0 atom stereocenters. The van der Waals surface area contributed by atoms with Crippen LogP contribution < -0.4 is 5.73 Å². The third kappa shape index (κ3) is 4.01. The summed E-state index contributed by atoms with van der Waals surface area (Å²) in [4.78, 5) is 0. The highest BCUT2D eigenvalue weighted by Gasteiger charge is 2.11. The molecule has 2 N–H and O–H groups in total. The highest BCUT2D eigenvalue weighted by Crippen LogP contribution is 2.23. The zero-order chi connectivity index (χ0) is 16.1. The van der Waals surface area contributed by atoms with Crippen LogP contribution in [0.5, 0.6) is 0 Å². The van der Waals surface area contributed by atoms with Gasteiger partial charge in [-0.2, -0.15) is 5.10 Å². The molecule has 0 bridgehead atoms. The quantitative estimate of drug-likeness (QED) is 0.740. The molecule has 3 rings (SSSR count). The summed E-state index contributed by atoms with van der Waals surface area (Å²) in [6.07, 6.45) is 4.04. The van der Waals surface area contributed by atoms with E-state index < -0.39 is 0 Å². The highest BCUT2D eigenvalue weighted by molar-refractivity contribution is 6.30. The van der Waals surface area contributed by atoms with Crippen LogP contribution in [-0.4, -0.2) is 16.3 Å². The zero-order valence-corrected chi connectivity index (χ0v) is 13.7. The van der Waals surface area contributed by atoms with E-state index in [1.54, 1.807) is 0 Å². The zero-order valence-electron chi connectivity index (χ0n) is 13.0. The van der Waals surface area contributed by atoms with Gasteiger partial charge in [0, 0.05) is 16.8 Å². The van der Waals surface area contributed by atoms with Crippen molar-refractivity contribution in [1.82, 2.24) is 9.78 Å². The van der Waals surface area contributed by atoms with E-state index in [2.05, 4.69) is 18.3 Å². The summed E-state index contributed by atoms with van der Waals surface area (Å²) in [5, 5.41) is 5.55. The van der Waals surface area contributed by atoms with E-state index in [1.807, 2.05) is 47.1 Å². The third-order valence-corrected chi connectivity index (χ3v) is 4.04. The van der Waals surface area contributed by atoms with Crippen molar-refractivity contribution in [3.8, 4) is 11.3 Å². The minimum Gasteiger partial charge on any atom is -0.330 e. The molecule has 0 saturated heterocycles. The highest BCUT2D eigenvalue weighted by atomic mass is 35.5. The van der Waals surface area contributed by atoms with Crippen molar-refractivity contribution in [2.75, 3.05) is 6.54 Å². The van der Waals surface area contributed by atoms with Gasteiger partial charge < -0.3 is 5.73 Å². The van der Waals surface area contributed by atoms with E-state index >= 15 is 0 Å². The Morgan fingerprint density at radius 3 is 2.43 bits per heavy atom. The maximum absolute atomic E-state index is 5.95. The predicted octanol–water partition coefficient (Wildman–Crippen LogP) is 4.14. The normalized spacial score (nSPS) is 10.9. The van der Waals surface area contributed by atoms with Crippen molar-refractivity contribution in [2.24, 2.45) is 5.73 Å². The second-order valence-electron chi connectivity index (χ2n) is 5.59. The summed E-state index contributed by atoms with van der Waals surface area (Å²) >= 11 is 5.95. The molecule has 0 radical (unpaired) electrons. The minimum absolute atomic E-state index is 0.691. The Kier molecular flexibility index (Phi) is 5.11. The number of hydrogen-bond donors (Lipinski definition) is 1. The summed E-state index contributed by atoms with van der Waals surface area (Å²) in [5.74, 6) is 0. The first-order valence-electron chi connectivity index (χ1n) is 7.82. The maximum atomic E-state index is 5.95. The van der Waals surface area contributed by atoms with Crippen molar-refractivity contribution >= 4 is 11.6 Å². The first-order valence-corrected chi connectivity index (χ1v) is 8.20. The van der Waals surface area contributed by atoms with E-state index in [0.29, 0.717) is 6.54 Å². The lowest BCUT2D eigenvalue weighted by Crippen LogP contribution is -2.00. The van der Waals surface area contributed by atoms with Crippen LogP contribution in [0.15, 0.2) is 60.8 Å². The first-order chi connectivity index (χ1) is 11.3. The Balaban J connectivity index is 1.89. The van der Waals surface area contributed by atoms with Crippen molar-refractivity contribution in [1.29, 1.82) is 0 Å². The average Bonchev–Trinajstić information content (AvgIpc) is 2.98. The molecule has 23 heavy (non-hydrogen) atoms. The number of halogens is 1. The van der Waals surface area contributed by atoms with Crippen LogP contribution in [0.3, 0.4) is 0 Å². The monoisotopic (exact) mass is 325 g/mol. The van der Waals surface area contributed by atoms with Gasteiger partial charge in [-0.05, 0) is 42.6 Å². The van der Waals surface area contributed by atoms with Crippen LogP contribution in [0.1, 0.15) is 17.5 Å². The maximum Gasteiger partial charge on any atom is 0.0955 e. The number of hydrogen-bond acceptors (Lipinski definition) is 2. The van der Waals surface area contributed by atoms with Crippen LogP contribution in [0.4, 0.5) is 0 Å². The molecule has 0 aliphatic rings. The molecule has 0 unspecified atom stereocenters. The third-order valence-electron chi connectivity index (χ3n) is 3.79. The lowest BCUT2D eigenvalue weighted by Gasteiger charge is -2.02. The number of aryl methyl sites for hydroxylation is 1. The van der Waals surface area contributed by atoms with Gasteiger partial charge in [-0.3, -0.25) is 4.68 Å². The van der Waals surface area contributed by atoms with Gasteiger partial charge in [-0.1, -0.05) is 54.1 Å². The fourth-order valence-electron chi connectivity index (χ4n) is 2.64. The van der Waals surface area contributed by atoms with Crippen LogP contribution in [-0.2, 0) is 13.0 Å². The number of aromatic nitrogens is 2. The number of nitrogens with two attached hydrogens (primary N) is 1. The van der Waals surface area contributed by atoms with Gasteiger partial charge >= 0.3 is 0 Å². The molecule has 0 aliphatic carbocycles. The molecular weight excluding hydrogens is 306 g/mol. The van der Waals surface area contributed by atoms with Crippen molar-refractivity contribution in [3.63, 3.8) is 0 Å². The fourth-order valence-corrected chi connectivity index (χ4v) is 2.76. The summed E-state index contributed by atoms with van der Waals surface area (Å²) in [7, 11) is 0. The molecule has 0 spiro atoms. The van der Waals surface area contributed by atoms with Crippen LogP contribution in [0, 0.1) is 0 Å². The smallest absolute Gasteiger partial charge is 0.0955 e. The Bertz CT molecular complexity index is 748. The van der Waals surface area contributed by atoms with Gasteiger partial charge in [0.05, 0.1) is 12.2 Å². The molecule has 1 aromatic heterocycles. The summed E-state index contributed by atoms with van der Waals surface area (Å²) in [5.41, 5.74) is 10.3. The minimum atomic E-state index is 0.691. The lowest BCUT2D eigenvalue weighted by atomic mass is 10.0. The second-order valence-corrected chi connectivity index (χ2v) is 6.02. The van der Waals surface area contributed by atoms with Gasteiger partial charge in [0.25, 0.3) is 0 Å². The van der Waals surface area contributed by atoms with Crippen molar-refractivity contribution in [3.05, 3.63) is 76.9 Å². The molecule has 3 aromatic rings. The predicted molar refractivity (Wildman–Crippen MR) is 95.6 cm³/mol. The van der Waals surface area contributed by atoms with Crippen molar-refractivity contribution < 1.29 is 0 Å². The molecule has 0 amide bonds. The van der Waals surface area contributed by atoms with Crippen LogP contribution in [0.2, 0.25) is 5.02 Å². The van der Waals surface area contributed by atoms with Crippen LogP contribution in [0.25, 0.3) is 11.3 Å². The van der Waals surface area contributed by atoms with Gasteiger partial charge in [0.2, 0.25) is 0 Å². The summed E-state index contributed by atoms with van der Waals surface area (Å²) in [6.45, 7) is 1.43. The molecule has 1 heterocycles. The number of rotatable bonds is 6. The SMILES string of the molecule is NCCCc1cn(Cc2ccc(Cl)cc2)nc1-c1ccccc1. The van der Waals surface area contributed by atoms with Gasteiger partial charge in [-0.25, -0.2) is 0 Å². The average molecular weight is 326 g/mol.